The molecule has 1 fully saturated rings. The molecule has 0 spiro atoms. The first kappa shape index (κ1) is 7.40. The molecule has 0 aliphatic heterocycles. The summed E-state index contributed by atoms with van der Waals surface area (Å²) in [7, 11) is 1.60. The molecule has 3 nitrogen and oxygen atoms in total. The third-order valence-corrected chi connectivity index (χ3v) is 1.75. The molecule has 0 atom stereocenters. The van der Waals surface area contributed by atoms with E-state index >= 15 is 0 Å². The molecular weight excluding hydrogens is 154 g/mol. The van der Waals surface area contributed by atoms with Crippen LogP contribution in [0.2, 0.25) is 0 Å². The van der Waals surface area contributed by atoms with Crippen LogP contribution in [0.5, 0.6) is 11.6 Å². The second kappa shape index (κ2) is 3.01. The number of methoxy groups -OCH3 is 1. The van der Waals surface area contributed by atoms with Crippen LogP contribution in [0, 0.1) is 0 Å². The van der Waals surface area contributed by atoms with Crippen LogP contribution in [-0.2, 0) is 0 Å². The van der Waals surface area contributed by atoms with Gasteiger partial charge >= 0.3 is 0 Å². The standard InChI is InChI=1S/C9H11NO2/c1-11-9-8(3-2-6-10-9)12-7-4-5-7/h2-3,6-7H,4-5H2,1H3. The van der Waals surface area contributed by atoms with E-state index in [9.17, 15) is 0 Å². The first-order valence-electron chi connectivity index (χ1n) is 4.06. The fourth-order valence-corrected chi connectivity index (χ4v) is 0.985. The summed E-state index contributed by atoms with van der Waals surface area (Å²) in [6.07, 6.45) is 4.39. The lowest BCUT2D eigenvalue weighted by Gasteiger charge is -2.07. The molecule has 0 N–H and O–H groups in total. The molecule has 3 heteroatoms. The number of hydrogen-bond acceptors (Lipinski definition) is 3. The summed E-state index contributed by atoms with van der Waals surface area (Å²) in [6.45, 7) is 0. The summed E-state index contributed by atoms with van der Waals surface area (Å²) in [5.41, 5.74) is 0. The van der Waals surface area contributed by atoms with Crippen molar-refractivity contribution in [2.45, 2.75) is 18.9 Å². The van der Waals surface area contributed by atoms with Crippen LogP contribution in [0.25, 0.3) is 0 Å². The normalized spacial score (nSPS) is 15.8. The fraction of sp³-hybridized carbons (Fsp3) is 0.444. The van der Waals surface area contributed by atoms with E-state index in [0.717, 1.165) is 18.6 Å². The maximum absolute atomic E-state index is 5.56. The molecule has 1 aliphatic carbocycles. The highest BCUT2D eigenvalue weighted by Gasteiger charge is 2.24. The molecule has 0 bridgehead atoms. The van der Waals surface area contributed by atoms with Crippen LogP contribution in [0.3, 0.4) is 0 Å². The quantitative estimate of drug-likeness (QED) is 0.682. The van der Waals surface area contributed by atoms with Gasteiger partial charge in [-0.15, -0.1) is 0 Å². The molecule has 2 rings (SSSR count). The van der Waals surface area contributed by atoms with Gasteiger partial charge in [0.25, 0.3) is 5.88 Å². The second-order valence-corrected chi connectivity index (χ2v) is 2.83. The summed E-state index contributed by atoms with van der Waals surface area (Å²) < 4.78 is 10.6. The summed E-state index contributed by atoms with van der Waals surface area (Å²) in [6, 6.07) is 3.73. The number of pyridine rings is 1. The van der Waals surface area contributed by atoms with E-state index in [2.05, 4.69) is 4.98 Å². The van der Waals surface area contributed by atoms with Gasteiger partial charge in [-0.3, -0.25) is 0 Å². The van der Waals surface area contributed by atoms with Crippen LogP contribution in [0.15, 0.2) is 18.3 Å². The third-order valence-electron chi connectivity index (χ3n) is 1.75. The van der Waals surface area contributed by atoms with Crippen LogP contribution >= 0.6 is 0 Å². The van der Waals surface area contributed by atoms with Crippen molar-refractivity contribution in [2.75, 3.05) is 7.11 Å². The van der Waals surface area contributed by atoms with E-state index in [-0.39, 0.29) is 0 Å². The maximum Gasteiger partial charge on any atom is 0.256 e. The summed E-state index contributed by atoms with van der Waals surface area (Å²) in [5.74, 6) is 1.33. The van der Waals surface area contributed by atoms with Crippen molar-refractivity contribution in [2.24, 2.45) is 0 Å². The van der Waals surface area contributed by atoms with Crippen molar-refractivity contribution >= 4 is 0 Å². The Hall–Kier alpha value is -1.25. The minimum Gasteiger partial charge on any atom is -0.485 e. The largest absolute Gasteiger partial charge is 0.485 e. The SMILES string of the molecule is COc1ncccc1OC1CC1. The Bertz CT molecular complexity index is 271. The molecule has 1 aromatic heterocycles. The van der Waals surface area contributed by atoms with Gasteiger partial charge in [0.2, 0.25) is 0 Å². The Morgan fingerprint density at radius 2 is 2.33 bits per heavy atom. The molecule has 12 heavy (non-hydrogen) atoms. The first-order chi connectivity index (χ1) is 5.90. The number of hydrogen-bond donors (Lipinski definition) is 0. The molecule has 0 saturated heterocycles. The minimum absolute atomic E-state index is 0.392. The fourth-order valence-electron chi connectivity index (χ4n) is 0.985. The monoisotopic (exact) mass is 165 g/mol. The van der Waals surface area contributed by atoms with Crippen molar-refractivity contribution in [3.63, 3.8) is 0 Å². The Labute approximate surface area is 71.3 Å². The molecule has 0 radical (unpaired) electrons. The summed E-state index contributed by atoms with van der Waals surface area (Å²) >= 11 is 0. The predicted octanol–water partition coefficient (Wildman–Crippen LogP) is 1.63. The zero-order valence-corrected chi connectivity index (χ0v) is 6.99. The minimum atomic E-state index is 0.392. The van der Waals surface area contributed by atoms with Gasteiger partial charge in [-0.05, 0) is 25.0 Å². The highest BCUT2D eigenvalue weighted by molar-refractivity contribution is 5.32. The van der Waals surface area contributed by atoms with E-state index in [4.69, 9.17) is 9.47 Å². The Kier molecular flexibility index (Phi) is 1.86. The molecule has 0 unspecified atom stereocenters. The molecule has 1 aromatic rings. The average Bonchev–Trinajstić information content (AvgIpc) is 2.89. The van der Waals surface area contributed by atoms with Crippen LogP contribution in [0.4, 0.5) is 0 Å². The van der Waals surface area contributed by atoms with E-state index in [1.165, 1.54) is 0 Å². The molecule has 1 saturated carbocycles. The van der Waals surface area contributed by atoms with Gasteiger partial charge in [0.15, 0.2) is 5.75 Å². The Morgan fingerprint density at radius 1 is 1.50 bits per heavy atom. The van der Waals surface area contributed by atoms with Gasteiger partial charge in [0.1, 0.15) is 0 Å². The van der Waals surface area contributed by atoms with Crippen LogP contribution in [-0.4, -0.2) is 18.2 Å². The van der Waals surface area contributed by atoms with E-state index in [1.54, 1.807) is 13.3 Å². The summed E-state index contributed by atoms with van der Waals surface area (Å²) in [5, 5.41) is 0. The molecule has 0 aromatic carbocycles. The average molecular weight is 165 g/mol. The first-order valence-corrected chi connectivity index (χ1v) is 4.06. The number of aromatic nitrogens is 1. The lowest BCUT2D eigenvalue weighted by atomic mass is 10.4. The Balaban J connectivity index is 2.15. The van der Waals surface area contributed by atoms with E-state index in [1.807, 2.05) is 12.1 Å². The molecular formula is C9H11NO2. The van der Waals surface area contributed by atoms with Gasteiger partial charge in [0.05, 0.1) is 13.2 Å². The van der Waals surface area contributed by atoms with Crippen LogP contribution in [0.1, 0.15) is 12.8 Å². The highest BCUT2D eigenvalue weighted by atomic mass is 16.5. The van der Waals surface area contributed by atoms with Crippen molar-refractivity contribution in [3.05, 3.63) is 18.3 Å². The van der Waals surface area contributed by atoms with Gasteiger partial charge < -0.3 is 9.47 Å². The van der Waals surface area contributed by atoms with Crippen molar-refractivity contribution < 1.29 is 9.47 Å². The van der Waals surface area contributed by atoms with Crippen molar-refractivity contribution in [1.29, 1.82) is 0 Å². The smallest absolute Gasteiger partial charge is 0.256 e. The maximum atomic E-state index is 5.56. The van der Waals surface area contributed by atoms with E-state index < -0.39 is 0 Å². The molecule has 0 amide bonds. The predicted molar refractivity (Wildman–Crippen MR) is 44.4 cm³/mol. The van der Waals surface area contributed by atoms with E-state index in [0.29, 0.717) is 12.0 Å². The Morgan fingerprint density at radius 3 is 3.00 bits per heavy atom. The topological polar surface area (TPSA) is 31.4 Å². The number of ether oxygens (including phenoxy) is 2. The molecule has 1 heterocycles. The van der Waals surface area contributed by atoms with Gasteiger partial charge in [-0.1, -0.05) is 0 Å². The third kappa shape index (κ3) is 1.49. The van der Waals surface area contributed by atoms with Gasteiger partial charge in [0, 0.05) is 6.20 Å². The van der Waals surface area contributed by atoms with Gasteiger partial charge in [-0.2, -0.15) is 0 Å². The zero-order valence-electron chi connectivity index (χ0n) is 6.99. The van der Waals surface area contributed by atoms with Crippen molar-refractivity contribution in [3.8, 4) is 11.6 Å². The van der Waals surface area contributed by atoms with Crippen LogP contribution < -0.4 is 9.47 Å². The second-order valence-electron chi connectivity index (χ2n) is 2.83. The summed E-state index contributed by atoms with van der Waals surface area (Å²) in [4.78, 5) is 4.03. The number of nitrogens with zero attached hydrogens (tertiary/aromatic N) is 1. The molecule has 1 aliphatic rings. The lowest BCUT2D eigenvalue weighted by molar-refractivity contribution is 0.277. The number of rotatable bonds is 3. The van der Waals surface area contributed by atoms with Gasteiger partial charge in [-0.25, -0.2) is 4.98 Å². The lowest BCUT2D eigenvalue weighted by Crippen LogP contribution is -1.99. The molecule has 64 valence electrons. The highest BCUT2D eigenvalue weighted by Crippen LogP contribution is 2.31. The van der Waals surface area contributed by atoms with Crippen molar-refractivity contribution in [1.82, 2.24) is 4.98 Å². The zero-order chi connectivity index (χ0) is 8.39.